The Bertz CT molecular complexity index is 482. The number of nitrogens with one attached hydrogen (secondary N) is 1. The van der Waals surface area contributed by atoms with E-state index in [-0.39, 0.29) is 0 Å². The second-order valence-corrected chi connectivity index (χ2v) is 6.70. The van der Waals surface area contributed by atoms with Crippen LogP contribution in [0.1, 0.15) is 50.6 Å². The van der Waals surface area contributed by atoms with E-state index >= 15 is 0 Å². The lowest BCUT2D eigenvalue weighted by Gasteiger charge is -2.29. The summed E-state index contributed by atoms with van der Waals surface area (Å²) in [6.07, 6.45) is 7.57. The molecule has 3 nitrogen and oxygen atoms in total. The number of hydrogen-bond donors (Lipinski definition) is 1. The highest BCUT2D eigenvalue weighted by atomic mass is 16.5. The lowest BCUT2D eigenvalue weighted by Crippen LogP contribution is -2.33. The minimum absolute atomic E-state index is 0.417. The lowest BCUT2D eigenvalue weighted by molar-refractivity contribution is 0.0858. The SMILES string of the molecule is CCNC(c1ccc(OC2CC2)cc1)C1CC2CCC1O2. The molecule has 1 N–H and O–H groups in total. The third kappa shape index (κ3) is 2.82. The fourth-order valence-electron chi connectivity index (χ4n) is 3.90. The second kappa shape index (κ2) is 5.62. The first-order valence-electron chi connectivity index (χ1n) is 8.49. The largest absolute Gasteiger partial charge is 0.490 e. The van der Waals surface area contributed by atoms with Crippen LogP contribution in [0.25, 0.3) is 0 Å². The second-order valence-electron chi connectivity index (χ2n) is 6.70. The number of hydrogen-bond acceptors (Lipinski definition) is 3. The van der Waals surface area contributed by atoms with Gasteiger partial charge in [0.05, 0.1) is 18.3 Å². The van der Waals surface area contributed by atoms with Gasteiger partial charge in [-0.15, -0.1) is 0 Å². The molecule has 3 aliphatic rings. The van der Waals surface area contributed by atoms with Crippen molar-refractivity contribution in [3.63, 3.8) is 0 Å². The van der Waals surface area contributed by atoms with E-state index < -0.39 is 0 Å². The highest BCUT2D eigenvalue weighted by molar-refractivity contribution is 5.30. The highest BCUT2D eigenvalue weighted by Gasteiger charge is 2.44. The fraction of sp³-hybridized carbons (Fsp3) is 0.667. The monoisotopic (exact) mass is 287 g/mol. The molecule has 1 saturated carbocycles. The topological polar surface area (TPSA) is 30.5 Å². The molecule has 1 aliphatic carbocycles. The molecule has 3 heteroatoms. The van der Waals surface area contributed by atoms with Crippen LogP contribution in [0.2, 0.25) is 0 Å². The highest BCUT2D eigenvalue weighted by Crippen LogP contribution is 2.44. The van der Waals surface area contributed by atoms with Crippen LogP contribution in [0.3, 0.4) is 0 Å². The summed E-state index contributed by atoms with van der Waals surface area (Å²) in [5, 5.41) is 3.68. The van der Waals surface area contributed by atoms with Crippen molar-refractivity contribution in [3.8, 4) is 5.75 Å². The summed E-state index contributed by atoms with van der Waals surface area (Å²) in [4.78, 5) is 0. The fourth-order valence-corrected chi connectivity index (χ4v) is 3.90. The summed E-state index contributed by atoms with van der Waals surface area (Å²) in [6.45, 7) is 3.19. The Balaban J connectivity index is 1.49. The van der Waals surface area contributed by atoms with Crippen LogP contribution in [-0.4, -0.2) is 24.9 Å². The van der Waals surface area contributed by atoms with Crippen molar-refractivity contribution in [2.75, 3.05) is 6.54 Å². The molecule has 2 heterocycles. The normalized spacial score (nSPS) is 32.3. The van der Waals surface area contributed by atoms with Crippen LogP contribution >= 0.6 is 0 Å². The molecule has 0 amide bonds. The Kier molecular flexibility index (Phi) is 3.64. The molecule has 21 heavy (non-hydrogen) atoms. The zero-order chi connectivity index (χ0) is 14.2. The molecule has 0 spiro atoms. The zero-order valence-corrected chi connectivity index (χ0v) is 12.8. The molecule has 1 aromatic carbocycles. The van der Waals surface area contributed by atoms with E-state index in [1.165, 1.54) is 37.7 Å². The van der Waals surface area contributed by atoms with Gasteiger partial charge in [-0.1, -0.05) is 19.1 Å². The maximum Gasteiger partial charge on any atom is 0.119 e. The third-order valence-corrected chi connectivity index (χ3v) is 5.07. The molecule has 2 saturated heterocycles. The van der Waals surface area contributed by atoms with Crippen molar-refractivity contribution in [1.82, 2.24) is 5.32 Å². The minimum Gasteiger partial charge on any atom is -0.490 e. The standard InChI is InChI=1S/C18H25NO2/c1-2-19-18(16-11-15-9-10-17(16)21-15)12-3-5-13(6-4-12)20-14-7-8-14/h3-6,14-19H,2,7-11H2,1H3. The molecular formula is C18H25NO2. The van der Waals surface area contributed by atoms with Crippen LogP contribution in [0, 0.1) is 5.92 Å². The van der Waals surface area contributed by atoms with Gasteiger partial charge in [-0.05, 0) is 56.3 Å². The van der Waals surface area contributed by atoms with E-state index in [2.05, 4.69) is 36.5 Å². The smallest absolute Gasteiger partial charge is 0.119 e. The Hall–Kier alpha value is -1.06. The van der Waals surface area contributed by atoms with Crippen molar-refractivity contribution in [2.24, 2.45) is 5.92 Å². The van der Waals surface area contributed by atoms with Gasteiger partial charge in [-0.25, -0.2) is 0 Å². The lowest BCUT2D eigenvalue weighted by atomic mass is 9.81. The summed E-state index contributed by atoms with van der Waals surface area (Å²) in [7, 11) is 0. The van der Waals surface area contributed by atoms with Gasteiger partial charge in [0.15, 0.2) is 0 Å². The molecule has 2 bridgehead atoms. The van der Waals surface area contributed by atoms with Crippen molar-refractivity contribution < 1.29 is 9.47 Å². The number of fused-ring (bicyclic) bond motifs is 2. The average Bonchev–Trinajstić information content (AvgIpc) is 3.08. The molecule has 2 aliphatic heterocycles. The molecule has 0 radical (unpaired) electrons. The molecule has 3 fully saturated rings. The van der Waals surface area contributed by atoms with E-state index in [1.807, 2.05) is 0 Å². The van der Waals surface area contributed by atoms with E-state index in [0.717, 1.165) is 12.3 Å². The molecule has 1 aromatic rings. The van der Waals surface area contributed by atoms with E-state index in [0.29, 0.717) is 30.3 Å². The van der Waals surface area contributed by atoms with Crippen LogP contribution in [0.4, 0.5) is 0 Å². The van der Waals surface area contributed by atoms with Gasteiger partial charge in [-0.3, -0.25) is 0 Å². The van der Waals surface area contributed by atoms with E-state index in [9.17, 15) is 0 Å². The number of ether oxygens (including phenoxy) is 2. The Morgan fingerprint density at radius 3 is 2.57 bits per heavy atom. The van der Waals surface area contributed by atoms with Gasteiger partial charge in [-0.2, -0.15) is 0 Å². The maximum atomic E-state index is 6.05. The van der Waals surface area contributed by atoms with Crippen molar-refractivity contribution >= 4 is 0 Å². The van der Waals surface area contributed by atoms with Crippen molar-refractivity contribution in [3.05, 3.63) is 29.8 Å². The Morgan fingerprint density at radius 2 is 2.00 bits per heavy atom. The van der Waals surface area contributed by atoms with Crippen LogP contribution < -0.4 is 10.1 Å². The summed E-state index contributed by atoms with van der Waals surface area (Å²) >= 11 is 0. The van der Waals surface area contributed by atoms with Gasteiger partial charge in [0.25, 0.3) is 0 Å². The Morgan fingerprint density at radius 1 is 1.19 bits per heavy atom. The summed E-state index contributed by atoms with van der Waals surface area (Å²) in [5.41, 5.74) is 1.38. The first-order valence-corrected chi connectivity index (χ1v) is 8.49. The van der Waals surface area contributed by atoms with Crippen LogP contribution in [0.15, 0.2) is 24.3 Å². The predicted octanol–water partition coefficient (Wildman–Crippen LogP) is 3.45. The molecule has 0 aromatic heterocycles. The number of benzene rings is 1. The molecule has 4 unspecified atom stereocenters. The summed E-state index contributed by atoms with van der Waals surface area (Å²) in [5.74, 6) is 1.64. The average molecular weight is 287 g/mol. The van der Waals surface area contributed by atoms with Crippen LogP contribution in [0.5, 0.6) is 5.75 Å². The third-order valence-electron chi connectivity index (χ3n) is 5.07. The van der Waals surface area contributed by atoms with Gasteiger partial charge < -0.3 is 14.8 Å². The van der Waals surface area contributed by atoms with Crippen LogP contribution in [-0.2, 0) is 4.74 Å². The quantitative estimate of drug-likeness (QED) is 0.869. The van der Waals surface area contributed by atoms with Gasteiger partial charge in [0, 0.05) is 12.0 Å². The molecule has 4 atom stereocenters. The molecule has 4 rings (SSSR count). The van der Waals surface area contributed by atoms with Gasteiger partial charge in [0.1, 0.15) is 5.75 Å². The first-order chi connectivity index (χ1) is 10.3. The van der Waals surface area contributed by atoms with Gasteiger partial charge >= 0.3 is 0 Å². The molecular weight excluding hydrogens is 262 g/mol. The zero-order valence-electron chi connectivity index (χ0n) is 12.8. The van der Waals surface area contributed by atoms with Gasteiger partial charge in [0.2, 0.25) is 0 Å². The van der Waals surface area contributed by atoms with E-state index in [4.69, 9.17) is 9.47 Å². The summed E-state index contributed by atoms with van der Waals surface area (Å²) in [6, 6.07) is 9.15. The number of rotatable bonds is 6. The van der Waals surface area contributed by atoms with Crippen molar-refractivity contribution in [2.45, 2.75) is 63.4 Å². The Labute approximate surface area is 127 Å². The predicted molar refractivity (Wildman–Crippen MR) is 82.5 cm³/mol. The maximum absolute atomic E-state index is 6.05. The van der Waals surface area contributed by atoms with Crippen molar-refractivity contribution in [1.29, 1.82) is 0 Å². The van der Waals surface area contributed by atoms with E-state index in [1.54, 1.807) is 0 Å². The first kappa shape index (κ1) is 13.6. The summed E-state index contributed by atoms with van der Waals surface area (Å²) < 4.78 is 11.9. The molecule has 114 valence electrons. The minimum atomic E-state index is 0.417.